The standard InChI is InChI=1S/C33H48N2O5/c1-5-22-27-16-20(37)10-13-33(27,4)26-11-14-32(3)24(8-9-25(32)29(26)30(22)38)19(2)12-15-39-21-6-7-23-28(17-21)34-35-31(23)40-18-36/h6-7,17-20,22,24-27,29-30,37-38H,5,8-16H2,1-4H3,(H,34,35)/t19-,20-,22-,24-,25+,26+,27+,29+,30-,32-,33-/m1/s1. The highest BCUT2D eigenvalue weighted by Crippen LogP contribution is 2.69. The number of aliphatic hydroxyl groups excluding tert-OH is 2. The maximum atomic E-state index is 11.9. The van der Waals surface area contributed by atoms with Gasteiger partial charge < -0.3 is 19.7 Å². The molecule has 0 amide bonds. The van der Waals surface area contributed by atoms with Crippen LogP contribution in [-0.4, -0.2) is 45.7 Å². The van der Waals surface area contributed by atoms with Crippen molar-refractivity contribution in [2.45, 2.75) is 97.7 Å². The summed E-state index contributed by atoms with van der Waals surface area (Å²) in [4.78, 5) is 10.7. The van der Waals surface area contributed by atoms with Crippen LogP contribution in [0.25, 0.3) is 10.9 Å². The Bertz CT molecular complexity index is 1210. The number of carbonyl (C=O) groups is 1. The van der Waals surface area contributed by atoms with E-state index in [1.54, 1.807) is 0 Å². The molecule has 1 heterocycles. The molecule has 2 aromatic rings. The number of nitrogens with one attached hydrogen (secondary N) is 1. The largest absolute Gasteiger partial charge is 0.494 e. The van der Waals surface area contributed by atoms with Crippen molar-refractivity contribution in [2.24, 2.45) is 52.3 Å². The lowest BCUT2D eigenvalue weighted by Crippen LogP contribution is -2.62. The summed E-state index contributed by atoms with van der Waals surface area (Å²) >= 11 is 0. The third-order valence-electron chi connectivity index (χ3n) is 12.7. The minimum absolute atomic E-state index is 0.195. The molecule has 4 aliphatic rings. The van der Waals surface area contributed by atoms with Crippen LogP contribution in [0.5, 0.6) is 11.6 Å². The van der Waals surface area contributed by atoms with Crippen molar-refractivity contribution in [3.8, 4) is 11.6 Å². The number of carbonyl (C=O) groups excluding carboxylic acids is 1. The number of nitrogens with zero attached hydrogens (tertiary/aromatic N) is 1. The van der Waals surface area contributed by atoms with E-state index in [2.05, 4.69) is 37.9 Å². The Morgan fingerprint density at radius 3 is 2.65 bits per heavy atom. The highest BCUT2D eigenvalue weighted by molar-refractivity contribution is 5.85. The average Bonchev–Trinajstić information content (AvgIpc) is 3.50. The Morgan fingerprint density at radius 1 is 1.10 bits per heavy atom. The second-order valence-electron chi connectivity index (χ2n) is 14.2. The van der Waals surface area contributed by atoms with Crippen LogP contribution < -0.4 is 9.47 Å². The van der Waals surface area contributed by atoms with Crippen LogP contribution in [0.1, 0.15) is 85.5 Å². The third kappa shape index (κ3) is 4.38. The van der Waals surface area contributed by atoms with E-state index < -0.39 is 0 Å². The van der Waals surface area contributed by atoms with Gasteiger partial charge in [0.15, 0.2) is 0 Å². The number of ether oxygens (including phenoxy) is 2. The molecule has 0 unspecified atom stereocenters. The first-order valence-corrected chi connectivity index (χ1v) is 15.8. The van der Waals surface area contributed by atoms with Crippen molar-refractivity contribution >= 4 is 17.4 Å². The lowest BCUT2D eigenvalue weighted by atomic mass is 9.41. The smallest absolute Gasteiger partial charge is 0.299 e. The molecule has 0 saturated heterocycles. The molecule has 40 heavy (non-hydrogen) atoms. The number of aromatic amines is 1. The second-order valence-corrected chi connectivity index (χ2v) is 14.2. The predicted molar refractivity (Wildman–Crippen MR) is 154 cm³/mol. The number of aromatic nitrogens is 2. The molecular weight excluding hydrogens is 504 g/mol. The molecule has 7 heteroatoms. The molecule has 0 spiro atoms. The molecule has 0 aliphatic heterocycles. The predicted octanol–water partition coefficient (Wildman–Crippen LogP) is 6.13. The van der Waals surface area contributed by atoms with E-state index in [9.17, 15) is 15.0 Å². The highest BCUT2D eigenvalue weighted by atomic mass is 16.5. The minimum Gasteiger partial charge on any atom is -0.494 e. The van der Waals surface area contributed by atoms with Crippen molar-refractivity contribution in [1.29, 1.82) is 0 Å². The van der Waals surface area contributed by atoms with Gasteiger partial charge in [0.05, 0.1) is 29.7 Å². The second kappa shape index (κ2) is 10.6. The molecular formula is C33H48N2O5. The van der Waals surface area contributed by atoms with Crippen LogP contribution in [0, 0.1) is 52.3 Å². The average molecular weight is 553 g/mol. The van der Waals surface area contributed by atoms with E-state index in [4.69, 9.17) is 9.47 Å². The number of fused-ring (bicyclic) bond motifs is 6. The first-order chi connectivity index (χ1) is 19.2. The maximum absolute atomic E-state index is 11.9. The molecule has 1 aromatic heterocycles. The summed E-state index contributed by atoms with van der Waals surface area (Å²) in [7, 11) is 0. The van der Waals surface area contributed by atoms with Crippen LogP contribution in [0.15, 0.2) is 18.2 Å². The molecule has 6 rings (SSSR count). The van der Waals surface area contributed by atoms with Gasteiger partial charge in [0.2, 0.25) is 5.88 Å². The van der Waals surface area contributed by atoms with Crippen LogP contribution >= 0.6 is 0 Å². The number of hydrogen-bond acceptors (Lipinski definition) is 6. The van der Waals surface area contributed by atoms with E-state index in [-0.39, 0.29) is 28.9 Å². The molecule has 7 nitrogen and oxygen atoms in total. The van der Waals surface area contributed by atoms with E-state index >= 15 is 0 Å². The van der Waals surface area contributed by atoms with Gasteiger partial charge in [-0.2, -0.15) is 0 Å². The fourth-order valence-corrected chi connectivity index (χ4v) is 10.7. The lowest BCUT2D eigenvalue weighted by molar-refractivity contribution is -0.203. The number of aliphatic hydroxyl groups is 2. The fraction of sp³-hybridized carbons (Fsp3) is 0.758. The Balaban J connectivity index is 1.13. The van der Waals surface area contributed by atoms with Crippen LogP contribution in [0.4, 0.5) is 0 Å². The van der Waals surface area contributed by atoms with Gasteiger partial charge in [-0.25, -0.2) is 0 Å². The van der Waals surface area contributed by atoms with E-state index in [1.807, 2.05) is 18.2 Å². The summed E-state index contributed by atoms with van der Waals surface area (Å²) in [5, 5.41) is 30.2. The van der Waals surface area contributed by atoms with Gasteiger partial charge in [-0.1, -0.05) is 34.1 Å². The van der Waals surface area contributed by atoms with E-state index in [0.29, 0.717) is 54.5 Å². The number of hydrogen-bond donors (Lipinski definition) is 3. The summed E-state index contributed by atoms with van der Waals surface area (Å²) in [6.07, 6.45) is 9.42. The molecule has 4 saturated carbocycles. The Morgan fingerprint density at radius 2 is 1.88 bits per heavy atom. The summed E-state index contributed by atoms with van der Waals surface area (Å²) < 4.78 is 11.1. The van der Waals surface area contributed by atoms with Gasteiger partial charge in [-0.15, -0.1) is 5.10 Å². The van der Waals surface area contributed by atoms with E-state index in [1.165, 1.54) is 25.7 Å². The van der Waals surface area contributed by atoms with Crippen molar-refractivity contribution in [3.63, 3.8) is 0 Å². The number of H-pyrrole nitrogens is 1. The Hall–Kier alpha value is -2.12. The lowest BCUT2D eigenvalue weighted by Gasteiger charge is -2.64. The van der Waals surface area contributed by atoms with Gasteiger partial charge in [0.1, 0.15) is 5.75 Å². The first kappa shape index (κ1) is 28.0. The van der Waals surface area contributed by atoms with E-state index in [0.717, 1.165) is 48.8 Å². The molecule has 11 atom stereocenters. The van der Waals surface area contributed by atoms with Gasteiger partial charge in [0.25, 0.3) is 6.47 Å². The topological polar surface area (TPSA) is 105 Å². The SMILES string of the molecule is CC[C@H]1[C@@H](O)[C@@H]2[C@H](CC[C@]3(C)[C@@H]([C@H](C)CCOc4ccc5c(OC=O)n[nH]c5c4)CC[C@@H]23)[C@@]2(C)CC[C@@H](O)C[C@@H]12. The summed E-state index contributed by atoms with van der Waals surface area (Å²) in [5.41, 5.74) is 1.30. The zero-order valence-corrected chi connectivity index (χ0v) is 24.6. The zero-order valence-electron chi connectivity index (χ0n) is 24.6. The Kier molecular flexibility index (Phi) is 7.44. The molecule has 4 fully saturated rings. The van der Waals surface area contributed by atoms with Gasteiger partial charge in [-0.05, 0) is 116 Å². The molecule has 4 aliphatic carbocycles. The first-order valence-electron chi connectivity index (χ1n) is 15.8. The number of benzene rings is 1. The minimum atomic E-state index is -0.241. The summed E-state index contributed by atoms with van der Waals surface area (Å²) in [6.45, 7) is 10.8. The summed E-state index contributed by atoms with van der Waals surface area (Å²) in [6, 6.07) is 5.68. The fourth-order valence-electron chi connectivity index (χ4n) is 10.7. The normalized spacial score (nSPS) is 41.5. The number of rotatable bonds is 8. The third-order valence-corrected chi connectivity index (χ3v) is 12.7. The summed E-state index contributed by atoms with van der Waals surface area (Å²) in [5.74, 6) is 4.56. The zero-order chi connectivity index (χ0) is 28.2. The van der Waals surface area contributed by atoms with Crippen LogP contribution in [0.3, 0.4) is 0 Å². The molecule has 220 valence electrons. The van der Waals surface area contributed by atoms with Crippen LogP contribution in [-0.2, 0) is 4.79 Å². The van der Waals surface area contributed by atoms with Gasteiger partial charge >= 0.3 is 0 Å². The van der Waals surface area contributed by atoms with Crippen molar-refractivity contribution in [3.05, 3.63) is 18.2 Å². The van der Waals surface area contributed by atoms with Crippen molar-refractivity contribution in [1.82, 2.24) is 10.2 Å². The molecule has 0 bridgehead atoms. The maximum Gasteiger partial charge on any atom is 0.299 e. The molecule has 3 N–H and O–H groups in total. The van der Waals surface area contributed by atoms with Gasteiger partial charge in [-0.3, -0.25) is 9.89 Å². The Labute approximate surface area is 238 Å². The highest BCUT2D eigenvalue weighted by Gasteiger charge is 2.64. The quantitative estimate of drug-likeness (QED) is 0.340. The monoisotopic (exact) mass is 552 g/mol. The van der Waals surface area contributed by atoms with Crippen molar-refractivity contribution in [2.75, 3.05) is 6.61 Å². The molecule has 1 aromatic carbocycles. The van der Waals surface area contributed by atoms with Crippen LogP contribution in [0.2, 0.25) is 0 Å². The van der Waals surface area contributed by atoms with Gasteiger partial charge in [0, 0.05) is 6.07 Å². The van der Waals surface area contributed by atoms with Crippen molar-refractivity contribution < 1.29 is 24.5 Å². The molecule has 0 radical (unpaired) electrons.